The number of esters is 1. The maximum atomic E-state index is 12.5. The molecule has 0 bridgehead atoms. The molecular formula is C29H54O11. The van der Waals surface area contributed by atoms with E-state index in [-0.39, 0.29) is 13.0 Å². The van der Waals surface area contributed by atoms with Crippen molar-refractivity contribution >= 4 is 5.97 Å². The summed E-state index contributed by atoms with van der Waals surface area (Å²) in [6, 6.07) is 0. The van der Waals surface area contributed by atoms with Crippen LogP contribution in [0.2, 0.25) is 0 Å². The molecule has 2 fully saturated rings. The number of hydrogen-bond donors (Lipinski definition) is 7. The Hall–Kier alpha value is -0.890. The lowest BCUT2D eigenvalue weighted by atomic mass is 9.84. The number of hydrogen-bond acceptors (Lipinski definition) is 11. The van der Waals surface area contributed by atoms with Crippen molar-refractivity contribution in [1.82, 2.24) is 0 Å². The lowest BCUT2D eigenvalue weighted by molar-refractivity contribution is -0.322. The van der Waals surface area contributed by atoms with Crippen LogP contribution in [0.4, 0.5) is 0 Å². The minimum Gasteiger partial charge on any atom is -0.457 e. The topological polar surface area (TPSA) is 186 Å². The van der Waals surface area contributed by atoms with Gasteiger partial charge in [0, 0.05) is 6.42 Å². The van der Waals surface area contributed by atoms with Crippen LogP contribution in [0.1, 0.15) is 104 Å². The van der Waals surface area contributed by atoms with E-state index in [0.29, 0.717) is 6.42 Å². The molecule has 236 valence electrons. The average molecular weight is 579 g/mol. The molecule has 11 nitrogen and oxygen atoms in total. The predicted molar refractivity (Wildman–Crippen MR) is 146 cm³/mol. The van der Waals surface area contributed by atoms with Gasteiger partial charge in [-0.05, 0) is 12.3 Å². The molecule has 40 heavy (non-hydrogen) atoms. The molecule has 1 aliphatic heterocycles. The Morgan fingerprint density at radius 1 is 0.650 bits per heavy atom. The summed E-state index contributed by atoms with van der Waals surface area (Å²) in [4.78, 5) is 12.5. The first kappa shape index (κ1) is 35.3. The summed E-state index contributed by atoms with van der Waals surface area (Å²) in [6.45, 7) is 4.17. The van der Waals surface area contributed by atoms with E-state index >= 15 is 0 Å². The summed E-state index contributed by atoms with van der Waals surface area (Å²) >= 11 is 0. The summed E-state index contributed by atoms with van der Waals surface area (Å²) in [5, 5.41) is 70.8. The molecule has 0 aromatic carbocycles. The van der Waals surface area contributed by atoms with Gasteiger partial charge in [0.2, 0.25) is 0 Å². The highest BCUT2D eigenvalue weighted by atomic mass is 16.7. The Balaban J connectivity index is 1.66. The van der Waals surface area contributed by atoms with Gasteiger partial charge in [0.15, 0.2) is 12.4 Å². The van der Waals surface area contributed by atoms with Gasteiger partial charge >= 0.3 is 5.97 Å². The van der Waals surface area contributed by atoms with Crippen LogP contribution in [0.15, 0.2) is 0 Å². The van der Waals surface area contributed by atoms with Crippen LogP contribution in [0, 0.1) is 5.92 Å². The van der Waals surface area contributed by atoms with Crippen LogP contribution < -0.4 is 0 Å². The zero-order valence-corrected chi connectivity index (χ0v) is 24.2. The molecule has 2 rings (SSSR count). The Morgan fingerprint density at radius 3 is 1.65 bits per heavy atom. The fraction of sp³-hybridized carbons (Fsp3) is 0.966. The smallest absolute Gasteiger partial charge is 0.306 e. The molecule has 1 heterocycles. The lowest BCUT2D eigenvalue weighted by Crippen LogP contribution is -2.67. The number of ether oxygens (including phenoxy) is 3. The molecule has 0 aromatic rings. The van der Waals surface area contributed by atoms with Crippen LogP contribution >= 0.6 is 0 Å². The number of aliphatic hydroxyl groups excluding tert-OH is 7. The van der Waals surface area contributed by atoms with Gasteiger partial charge in [-0.25, -0.2) is 0 Å². The second-order valence-corrected chi connectivity index (χ2v) is 11.9. The third-order valence-corrected chi connectivity index (χ3v) is 7.97. The quantitative estimate of drug-likeness (QED) is 0.0918. The molecule has 10 atom stereocenters. The highest BCUT2D eigenvalue weighted by Gasteiger charge is 2.53. The molecule has 7 N–H and O–H groups in total. The normalized spacial score (nSPS) is 34.8. The predicted octanol–water partition coefficient (Wildman–Crippen LogP) is 1.30. The monoisotopic (exact) mass is 578 g/mol. The number of carbonyl (C=O) groups is 1. The van der Waals surface area contributed by atoms with Gasteiger partial charge in [0.1, 0.15) is 48.8 Å². The molecule has 11 heteroatoms. The zero-order valence-electron chi connectivity index (χ0n) is 24.2. The summed E-state index contributed by atoms with van der Waals surface area (Å²) in [6.07, 6.45) is -1.34. The molecule has 0 spiro atoms. The van der Waals surface area contributed by atoms with Gasteiger partial charge in [0.05, 0.1) is 6.61 Å². The number of aliphatic hydroxyl groups is 7. The standard InChI is InChI=1S/C29H54O11/c1-18(2)15-13-11-9-7-5-3-4-6-8-10-12-14-16-20(31)39-27-24(35)22(33)23(34)25(36)28(27)40-29-26(37)21(32)19(30)17-38-29/h18-19,21-30,32-37H,3-17H2,1-2H3. The highest BCUT2D eigenvalue weighted by Crippen LogP contribution is 2.30. The minimum atomic E-state index is -1.82. The molecule has 0 amide bonds. The van der Waals surface area contributed by atoms with E-state index in [1.807, 2.05) is 0 Å². The Labute approximate surface area is 238 Å². The fourth-order valence-electron chi connectivity index (χ4n) is 5.33. The van der Waals surface area contributed by atoms with Gasteiger partial charge in [-0.15, -0.1) is 0 Å². The molecule has 10 unspecified atom stereocenters. The largest absolute Gasteiger partial charge is 0.457 e. The van der Waals surface area contributed by atoms with Crippen molar-refractivity contribution in [3.63, 3.8) is 0 Å². The first-order valence-corrected chi connectivity index (χ1v) is 15.3. The van der Waals surface area contributed by atoms with E-state index in [9.17, 15) is 40.5 Å². The van der Waals surface area contributed by atoms with E-state index in [1.54, 1.807) is 0 Å². The molecule has 0 radical (unpaired) electrons. The Bertz CT molecular complexity index is 693. The summed E-state index contributed by atoms with van der Waals surface area (Å²) in [5.41, 5.74) is 0. The van der Waals surface area contributed by atoms with E-state index in [2.05, 4.69) is 13.8 Å². The van der Waals surface area contributed by atoms with Gasteiger partial charge in [-0.2, -0.15) is 0 Å². The van der Waals surface area contributed by atoms with Crippen molar-refractivity contribution in [3.05, 3.63) is 0 Å². The second-order valence-electron chi connectivity index (χ2n) is 11.9. The molecular weight excluding hydrogens is 524 g/mol. The van der Waals surface area contributed by atoms with Crippen molar-refractivity contribution in [2.45, 2.75) is 165 Å². The molecule has 1 saturated carbocycles. The maximum Gasteiger partial charge on any atom is 0.306 e. The molecule has 1 aliphatic carbocycles. The summed E-state index contributed by atoms with van der Waals surface area (Å²) < 4.78 is 16.0. The maximum absolute atomic E-state index is 12.5. The van der Waals surface area contributed by atoms with Crippen molar-refractivity contribution < 1.29 is 54.8 Å². The molecule has 0 aromatic heterocycles. The SMILES string of the molecule is CC(C)CCCCCCCCCCCCCCC(=O)OC1C(O)C(O)C(O)C(O)C1OC1OCC(O)C(O)C1O. The average Bonchev–Trinajstić information content (AvgIpc) is 2.92. The van der Waals surface area contributed by atoms with Crippen molar-refractivity contribution in [3.8, 4) is 0 Å². The summed E-state index contributed by atoms with van der Waals surface area (Å²) in [5.74, 6) is 0.133. The number of rotatable bonds is 18. The van der Waals surface area contributed by atoms with E-state index < -0.39 is 67.2 Å². The van der Waals surface area contributed by atoms with Crippen LogP contribution in [-0.4, -0.2) is 110 Å². The number of carbonyl (C=O) groups excluding carboxylic acids is 1. The Kier molecular flexibility index (Phi) is 16.4. The van der Waals surface area contributed by atoms with Crippen molar-refractivity contribution in [1.29, 1.82) is 0 Å². The fourth-order valence-corrected chi connectivity index (χ4v) is 5.33. The third-order valence-electron chi connectivity index (χ3n) is 7.97. The second kappa shape index (κ2) is 18.6. The van der Waals surface area contributed by atoms with Crippen molar-refractivity contribution in [2.75, 3.05) is 6.61 Å². The Morgan fingerprint density at radius 2 is 1.12 bits per heavy atom. The first-order valence-electron chi connectivity index (χ1n) is 15.3. The molecule has 2 aliphatic rings. The third kappa shape index (κ3) is 11.4. The van der Waals surface area contributed by atoms with E-state index in [4.69, 9.17) is 14.2 Å². The van der Waals surface area contributed by atoms with Gasteiger partial charge in [0.25, 0.3) is 0 Å². The van der Waals surface area contributed by atoms with Crippen LogP contribution in [0.3, 0.4) is 0 Å². The lowest BCUT2D eigenvalue weighted by Gasteiger charge is -2.45. The van der Waals surface area contributed by atoms with Crippen molar-refractivity contribution in [2.24, 2.45) is 5.92 Å². The number of unbranched alkanes of at least 4 members (excludes halogenated alkanes) is 11. The van der Waals surface area contributed by atoms with E-state index in [0.717, 1.165) is 25.2 Å². The van der Waals surface area contributed by atoms with Crippen LogP contribution in [0.25, 0.3) is 0 Å². The van der Waals surface area contributed by atoms with Gasteiger partial charge in [-0.3, -0.25) is 4.79 Å². The van der Waals surface area contributed by atoms with Crippen LogP contribution in [-0.2, 0) is 19.0 Å². The minimum absolute atomic E-state index is 0.0644. The summed E-state index contributed by atoms with van der Waals surface area (Å²) in [7, 11) is 0. The van der Waals surface area contributed by atoms with Gasteiger partial charge in [-0.1, -0.05) is 90.9 Å². The molecule has 1 saturated heterocycles. The first-order chi connectivity index (χ1) is 19.0. The highest BCUT2D eigenvalue weighted by molar-refractivity contribution is 5.69. The zero-order chi connectivity index (χ0) is 29.7. The van der Waals surface area contributed by atoms with Gasteiger partial charge < -0.3 is 50.0 Å². The van der Waals surface area contributed by atoms with Crippen LogP contribution in [0.5, 0.6) is 0 Å². The van der Waals surface area contributed by atoms with E-state index in [1.165, 1.54) is 57.8 Å².